The van der Waals surface area contributed by atoms with E-state index in [9.17, 15) is 24.1 Å². The monoisotopic (exact) mass is 651 g/mol. The van der Waals surface area contributed by atoms with Crippen LogP contribution in [0, 0.1) is 15.9 Å². The molecule has 1 atom stereocenters. The van der Waals surface area contributed by atoms with Gasteiger partial charge in [0.25, 0.3) is 17.5 Å². The van der Waals surface area contributed by atoms with Gasteiger partial charge in [-0.3, -0.25) is 19.7 Å². The first kappa shape index (κ1) is 29.1. The normalized spacial score (nSPS) is 14.5. The van der Waals surface area contributed by atoms with Crippen molar-refractivity contribution in [3.63, 3.8) is 0 Å². The number of halogens is 2. The van der Waals surface area contributed by atoms with Crippen molar-refractivity contribution < 1.29 is 18.9 Å². The minimum absolute atomic E-state index is 0.0237. The van der Waals surface area contributed by atoms with E-state index in [1.807, 2.05) is 24.3 Å². The molecule has 3 aromatic carbocycles. The van der Waals surface area contributed by atoms with Crippen LogP contribution in [-0.2, 0) is 18.4 Å². The van der Waals surface area contributed by atoms with Crippen molar-refractivity contribution in [2.45, 2.75) is 24.2 Å². The van der Waals surface area contributed by atoms with Crippen molar-refractivity contribution in [2.75, 3.05) is 5.75 Å². The van der Waals surface area contributed by atoms with E-state index in [1.165, 1.54) is 53.2 Å². The van der Waals surface area contributed by atoms with Gasteiger partial charge in [-0.15, -0.1) is 10.2 Å². The van der Waals surface area contributed by atoms with E-state index in [0.29, 0.717) is 17.4 Å². The summed E-state index contributed by atoms with van der Waals surface area (Å²) in [5.74, 6) is -0.548. The van der Waals surface area contributed by atoms with Crippen LogP contribution in [0.5, 0.6) is 0 Å². The molecule has 1 N–H and O–H groups in total. The molecule has 0 fully saturated rings. The van der Waals surface area contributed by atoms with Gasteiger partial charge in [-0.05, 0) is 47.5 Å². The number of carbonyl (C=O) groups is 2. The SMILES string of the molecule is Cn1c(CNC(=O)c2ccc([N+](=O)[O-])cc2)nnc1SCC(=O)N1N=C(c2ccc(Br)cc2)C[C@@H]1c1ccc(F)cc1. The van der Waals surface area contributed by atoms with Crippen molar-refractivity contribution in [1.29, 1.82) is 0 Å². The van der Waals surface area contributed by atoms with E-state index in [4.69, 9.17) is 0 Å². The highest BCUT2D eigenvalue weighted by Gasteiger charge is 2.33. The summed E-state index contributed by atoms with van der Waals surface area (Å²) in [5, 5.41) is 28.4. The number of benzene rings is 3. The lowest BCUT2D eigenvalue weighted by Crippen LogP contribution is -2.28. The second-order valence-corrected chi connectivity index (χ2v) is 11.2. The summed E-state index contributed by atoms with van der Waals surface area (Å²) < 4.78 is 16.2. The first-order valence-corrected chi connectivity index (χ1v) is 14.4. The van der Waals surface area contributed by atoms with Crippen LogP contribution >= 0.6 is 27.7 Å². The van der Waals surface area contributed by atoms with Gasteiger partial charge >= 0.3 is 0 Å². The Morgan fingerprint density at radius 2 is 1.76 bits per heavy atom. The molecule has 1 aromatic heterocycles. The molecule has 11 nitrogen and oxygen atoms in total. The van der Waals surface area contributed by atoms with Crippen LogP contribution in [0.25, 0.3) is 0 Å². The molecule has 2 heterocycles. The van der Waals surface area contributed by atoms with E-state index < -0.39 is 10.8 Å². The van der Waals surface area contributed by atoms with Gasteiger partial charge in [-0.25, -0.2) is 9.40 Å². The predicted molar refractivity (Wildman–Crippen MR) is 157 cm³/mol. The Kier molecular flexibility index (Phi) is 8.73. The molecule has 42 heavy (non-hydrogen) atoms. The van der Waals surface area contributed by atoms with Gasteiger partial charge in [0.05, 0.1) is 29.0 Å². The summed E-state index contributed by atoms with van der Waals surface area (Å²) in [4.78, 5) is 36.2. The molecule has 0 saturated carbocycles. The molecule has 1 aliphatic heterocycles. The van der Waals surface area contributed by atoms with Crippen molar-refractivity contribution in [1.82, 2.24) is 25.1 Å². The number of nitro benzene ring substituents is 1. The molecule has 0 spiro atoms. The minimum atomic E-state index is -0.536. The number of nitrogens with one attached hydrogen (secondary N) is 1. The van der Waals surface area contributed by atoms with Crippen molar-refractivity contribution >= 4 is 50.9 Å². The number of thioether (sulfide) groups is 1. The molecule has 5 rings (SSSR count). The highest BCUT2D eigenvalue weighted by atomic mass is 79.9. The van der Waals surface area contributed by atoms with Gasteiger partial charge in [0, 0.05) is 35.6 Å². The first-order valence-electron chi connectivity index (χ1n) is 12.6. The number of hydrogen-bond acceptors (Lipinski definition) is 8. The highest BCUT2D eigenvalue weighted by molar-refractivity contribution is 9.10. The Hall–Kier alpha value is -4.43. The zero-order chi connectivity index (χ0) is 29.8. The highest BCUT2D eigenvalue weighted by Crippen LogP contribution is 2.34. The topological polar surface area (TPSA) is 136 Å². The average Bonchev–Trinajstić information content (AvgIpc) is 3.59. The molecular weight excluding hydrogens is 629 g/mol. The molecule has 0 aliphatic carbocycles. The molecular formula is C28H23BrFN7O4S. The Bertz CT molecular complexity index is 1660. The average molecular weight is 653 g/mol. The molecule has 4 aromatic rings. The minimum Gasteiger partial charge on any atom is -0.345 e. The molecule has 14 heteroatoms. The Balaban J connectivity index is 1.24. The second-order valence-electron chi connectivity index (χ2n) is 9.30. The number of hydrazone groups is 1. The largest absolute Gasteiger partial charge is 0.345 e. The number of hydrogen-bond donors (Lipinski definition) is 1. The Morgan fingerprint density at radius 1 is 1.07 bits per heavy atom. The molecule has 1 aliphatic rings. The third-order valence-electron chi connectivity index (χ3n) is 6.60. The van der Waals surface area contributed by atoms with Crippen molar-refractivity contribution in [2.24, 2.45) is 12.1 Å². The molecule has 0 saturated heterocycles. The second kappa shape index (κ2) is 12.6. The van der Waals surface area contributed by atoms with Gasteiger partial charge in [0.1, 0.15) is 5.82 Å². The summed E-state index contributed by atoms with van der Waals surface area (Å²) in [7, 11) is 1.72. The maximum Gasteiger partial charge on any atom is 0.269 e. The Morgan fingerprint density at radius 3 is 2.43 bits per heavy atom. The van der Waals surface area contributed by atoms with E-state index in [-0.39, 0.29) is 41.3 Å². The zero-order valence-corrected chi connectivity index (χ0v) is 24.5. The lowest BCUT2D eigenvalue weighted by Gasteiger charge is -2.22. The zero-order valence-electron chi connectivity index (χ0n) is 22.1. The number of aromatic nitrogens is 3. The summed E-state index contributed by atoms with van der Waals surface area (Å²) in [5.41, 5.74) is 2.58. The number of nitrogens with zero attached hydrogens (tertiary/aromatic N) is 6. The van der Waals surface area contributed by atoms with Gasteiger partial charge in [0.15, 0.2) is 11.0 Å². The Labute approximate surface area is 252 Å². The van der Waals surface area contributed by atoms with Crippen LogP contribution in [-0.4, -0.2) is 48.0 Å². The van der Waals surface area contributed by atoms with Crippen LogP contribution in [0.1, 0.15) is 39.8 Å². The number of carbonyl (C=O) groups excluding carboxylic acids is 2. The van der Waals surface area contributed by atoms with E-state index in [1.54, 1.807) is 23.7 Å². The quantitative estimate of drug-likeness (QED) is 0.152. The van der Waals surface area contributed by atoms with Gasteiger partial charge < -0.3 is 9.88 Å². The number of amides is 2. The summed E-state index contributed by atoms with van der Waals surface area (Å²) >= 11 is 4.61. The van der Waals surface area contributed by atoms with Crippen LogP contribution in [0.4, 0.5) is 10.1 Å². The molecule has 214 valence electrons. The number of nitro groups is 1. The molecule has 2 amide bonds. The smallest absolute Gasteiger partial charge is 0.269 e. The van der Waals surface area contributed by atoms with Crippen LogP contribution < -0.4 is 5.32 Å². The predicted octanol–water partition coefficient (Wildman–Crippen LogP) is 5.02. The van der Waals surface area contributed by atoms with Crippen LogP contribution in [0.3, 0.4) is 0 Å². The maximum absolute atomic E-state index is 13.6. The van der Waals surface area contributed by atoms with Crippen LogP contribution in [0.2, 0.25) is 0 Å². The number of non-ortho nitro benzene ring substituents is 1. The third kappa shape index (κ3) is 6.55. The van der Waals surface area contributed by atoms with Crippen LogP contribution in [0.15, 0.2) is 87.5 Å². The van der Waals surface area contributed by atoms with Crippen molar-refractivity contribution in [3.05, 3.63) is 116 Å². The fourth-order valence-corrected chi connectivity index (χ4v) is 5.36. The molecule has 0 radical (unpaired) electrons. The van der Waals surface area contributed by atoms with E-state index in [2.05, 4.69) is 36.5 Å². The van der Waals surface area contributed by atoms with E-state index in [0.717, 1.165) is 21.3 Å². The summed E-state index contributed by atoms with van der Waals surface area (Å²) in [6.45, 7) is 0.0629. The molecule has 0 unspecified atom stereocenters. The summed E-state index contributed by atoms with van der Waals surface area (Å²) in [6, 6.07) is 18.6. The van der Waals surface area contributed by atoms with Crippen molar-refractivity contribution in [3.8, 4) is 0 Å². The van der Waals surface area contributed by atoms with Gasteiger partial charge in [-0.1, -0.05) is 52.0 Å². The lowest BCUT2D eigenvalue weighted by molar-refractivity contribution is -0.384. The van der Waals surface area contributed by atoms with Gasteiger partial charge in [0.2, 0.25) is 0 Å². The number of rotatable bonds is 9. The summed E-state index contributed by atoms with van der Waals surface area (Å²) in [6.07, 6.45) is 0.478. The molecule has 0 bridgehead atoms. The first-order chi connectivity index (χ1) is 20.2. The van der Waals surface area contributed by atoms with E-state index >= 15 is 0 Å². The fraction of sp³-hybridized carbons (Fsp3) is 0.179. The maximum atomic E-state index is 13.6. The van der Waals surface area contributed by atoms with Gasteiger partial charge in [-0.2, -0.15) is 5.10 Å². The third-order valence-corrected chi connectivity index (χ3v) is 8.13. The fourth-order valence-electron chi connectivity index (χ4n) is 4.31. The lowest BCUT2D eigenvalue weighted by atomic mass is 9.98. The standard InChI is InChI=1S/C28H23BrFN7O4S/c1-35-25(15-31-27(39)19-6-12-22(13-7-19)37(40)41)32-33-28(35)42-16-26(38)36-24(18-4-10-21(30)11-5-18)14-23(34-36)17-2-8-20(29)9-3-17/h2-13,24H,14-16H2,1H3,(H,31,39)/t24-/m1/s1.